The summed E-state index contributed by atoms with van der Waals surface area (Å²) in [6, 6.07) is 0. The first-order valence-electron chi connectivity index (χ1n) is 10.2. The molecule has 15 heteroatoms. The monoisotopic (exact) mass is 507 g/mol. The first-order valence-corrected chi connectivity index (χ1v) is 11.6. The van der Waals surface area contributed by atoms with Gasteiger partial charge >= 0.3 is 23.1 Å². The summed E-state index contributed by atoms with van der Waals surface area (Å²) in [6.07, 6.45) is -4.60. The zero-order valence-corrected chi connectivity index (χ0v) is 18.4. The minimum Gasteiger partial charge on any atom is -0.743 e. The van der Waals surface area contributed by atoms with Crippen LogP contribution in [0.2, 0.25) is 0 Å². The molecule has 3 aliphatic rings. The van der Waals surface area contributed by atoms with E-state index in [2.05, 4.69) is 4.74 Å². The number of ether oxygens (including phenoxy) is 4. The summed E-state index contributed by atoms with van der Waals surface area (Å²) in [5.74, 6) is -8.45. The van der Waals surface area contributed by atoms with Crippen LogP contribution in [0.3, 0.4) is 0 Å². The molecule has 190 valence electrons. The Morgan fingerprint density at radius 2 is 1.76 bits per heavy atom. The van der Waals surface area contributed by atoms with Gasteiger partial charge in [-0.25, -0.2) is 13.2 Å². The van der Waals surface area contributed by atoms with Crippen LogP contribution in [0.25, 0.3) is 0 Å². The lowest BCUT2D eigenvalue weighted by molar-refractivity contribution is -0.178. The van der Waals surface area contributed by atoms with Crippen molar-refractivity contribution in [2.45, 2.75) is 74.3 Å². The molecular formula is C18H23F4O10S-. The minimum absolute atomic E-state index is 0.307. The van der Waals surface area contributed by atoms with Crippen LogP contribution in [0, 0.1) is 11.8 Å². The third kappa shape index (κ3) is 4.22. The summed E-state index contributed by atoms with van der Waals surface area (Å²) in [5, 5.41) is 5.09. The summed E-state index contributed by atoms with van der Waals surface area (Å²) in [4.78, 5) is 24.1. The molecular weight excluding hydrogens is 484 g/mol. The highest BCUT2D eigenvalue weighted by atomic mass is 32.2. The van der Waals surface area contributed by atoms with Crippen molar-refractivity contribution in [2.24, 2.45) is 11.8 Å². The van der Waals surface area contributed by atoms with Gasteiger partial charge in [0.2, 0.25) is 0 Å². The van der Waals surface area contributed by atoms with Gasteiger partial charge in [-0.2, -0.15) is 17.6 Å². The molecule has 3 saturated heterocycles. The summed E-state index contributed by atoms with van der Waals surface area (Å²) >= 11 is 0. The Labute approximate surface area is 186 Å². The number of alkyl halides is 4. The molecule has 3 fully saturated rings. The van der Waals surface area contributed by atoms with Gasteiger partial charge in [0.25, 0.3) is 0 Å². The summed E-state index contributed by atoms with van der Waals surface area (Å²) in [7, 11) is -6.64. The first-order chi connectivity index (χ1) is 15.1. The molecule has 1 N–H and O–H groups in total. The van der Waals surface area contributed by atoms with Crippen molar-refractivity contribution in [3.05, 3.63) is 0 Å². The van der Waals surface area contributed by atoms with Crippen LogP contribution < -0.4 is 0 Å². The summed E-state index contributed by atoms with van der Waals surface area (Å²) in [5.41, 5.74) is -1.26. The molecule has 0 spiro atoms. The van der Waals surface area contributed by atoms with Gasteiger partial charge in [-0.05, 0) is 12.8 Å². The molecule has 3 heterocycles. The van der Waals surface area contributed by atoms with Crippen molar-refractivity contribution in [3.63, 3.8) is 0 Å². The first kappa shape index (κ1) is 26.1. The lowest BCUT2D eigenvalue weighted by Gasteiger charge is -2.39. The molecule has 6 atom stereocenters. The number of rotatable bonds is 11. The highest BCUT2D eigenvalue weighted by Crippen LogP contribution is 2.55. The van der Waals surface area contributed by atoms with Crippen LogP contribution in [0.4, 0.5) is 17.6 Å². The van der Waals surface area contributed by atoms with Crippen molar-refractivity contribution in [1.29, 1.82) is 0 Å². The second-order valence-electron chi connectivity index (χ2n) is 8.25. The predicted molar refractivity (Wildman–Crippen MR) is 96.0 cm³/mol. The lowest BCUT2D eigenvalue weighted by Crippen LogP contribution is -2.53. The van der Waals surface area contributed by atoms with Crippen molar-refractivity contribution >= 4 is 22.1 Å². The number of aliphatic hydroxyl groups is 1. The van der Waals surface area contributed by atoms with Crippen LogP contribution in [0.15, 0.2) is 0 Å². The number of carbonyl (C=O) groups is 2. The number of hydrogen-bond donors (Lipinski definition) is 1. The van der Waals surface area contributed by atoms with E-state index in [1.54, 1.807) is 13.8 Å². The van der Waals surface area contributed by atoms with Gasteiger partial charge in [-0.3, -0.25) is 4.79 Å². The Morgan fingerprint density at radius 1 is 1.15 bits per heavy atom. The Hall–Kier alpha value is -1.55. The molecule has 0 saturated carbocycles. The fourth-order valence-corrected chi connectivity index (χ4v) is 5.17. The Balaban J connectivity index is 1.57. The summed E-state index contributed by atoms with van der Waals surface area (Å²) < 4.78 is 105. The smallest absolute Gasteiger partial charge is 0.396 e. The molecule has 0 radical (unpaired) electrons. The zero-order chi connectivity index (χ0) is 25.0. The van der Waals surface area contributed by atoms with Crippen molar-refractivity contribution in [2.75, 3.05) is 13.2 Å². The Kier molecular flexibility index (Phi) is 6.78. The molecule has 0 aliphatic carbocycles. The van der Waals surface area contributed by atoms with Gasteiger partial charge in [0.15, 0.2) is 16.2 Å². The Bertz CT molecular complexity index is 891. The SMILES string of the molecule is CCC(O)(CC)C1C2OC3C(OC(=O)C31)C2OCC(=O)OCCC(F)(F)C(F)(F)S(=O)(=O)[O-]. The Morgan fingerprint density at radius 3 is 2.30 bits per heavy atom. The molecule has 0 aromatic heterocycles. The quantitative estimate of drug-likeness (QED) is 0.239. The highest BCUT2D eigenvalue weighted by molar-refractivity contribution is 7.86. The van der Waals surface area contributed by atoms with Crippen molar-refractivity contribution in [3.8, 4) is 0 Å². The van der Waals surface area contributed by atoms with E-state index in [1.165, 1.54) is 0 Å². The largest absolute Gasteiger partial charge is 0.743 e. The number of halogens is 4. The van der Waals surface area contributed by atoms with Crippen LogP contribution in [0.1, 0.15) is 33.1 Å². The predicted octanol–water partition coefficient (Wildman–Crippen LogP) is 0.568. The highest BCUT2D eigenvalue weighted by Gasteiger charge is 2.72. The van der Waals surface area contributed by atoms with Crippen LogP contribution >= 0.6 is 0 Å². The zero-order valence-electron chi connectivity index (χ0n) is 17.5. The molecule has 6 unspecified atom stereocenters. The van der Waals surface area contributed by atoms with Crippen molar-refractivity contribution in [1.82, 2.24) is 0 Å². The maximum absolute atomic E-state index is 13.4. The number of hydrogen-bond acceptors (Lipinski definition) is 10. The van der Waals surface area contributed by atoms with Crippen LogP contribution in [0.5, 0.6) is 0 Å². The van der Waals surface area contributed by atoms with Gasteiger partial charge in [0, 0.05) is 5.92 Å². The fourth-order valence-electron chi connectivity index (χ4n) is 4.70. The molecule has 3 rings (SSSR count). The number of fused-ring (bicyclic) bond motifs is 1. The van der Waals surface area contributed by atoms with E-state index in [0.717, 1.165) is 0 Å². The minimum atomic E-state index is -6.64. The molecule has 10 nitrogen and oxygen atoms in total. The van der Waals surface area contributed by atoms with Gasteiger partial charge in [0.05, 0.1) is 30.7 Å². The summed E-state index contributed by atoms with van der Waals surface area (Å²) in [6.45, 7) is 1.30. The third-order valence-corrected chi connectivity index (χ3v) is 7.49. The van der Waals surface area contributed by atoms with E-state index in [4.69, 9.17) is 14.2 Å². The number of carbonyl (C=O) groups excluding carboxylic acids is 2. The molecule has 0 aromatic carbocycles. The molecule has 0 amide bonds. The van der Waals surface area contributed by atoms with Gasteiger partial charge in [0.1, 0.15) is 18.8 Å². The fraction of sp³-hybridized carbons (Fsp3) is 0.889. The standard InChI is InChI=1S/C18H24F4O10S/c1-3-16(25,4-2)10-9-11-14(32-15(9)24)13(12(10)31-11)30-7-8(23)29-6-5-17(19,20)18(21,22)33(26,27)28/h9-14,25H,3-7H2,1-2H3,(H,26,27,28)/p-1. The molecule has 0 aromatic rings. The van der Waals surface area contributed by atoms with E-state index in [1.807, 2.05) is 0 Å². The second kappa shape index (κ2) is 8.59. The topological polar surface area (TPSA) is 148 Å². The molecule has 2 bridgehead atoms. The van der Waals surface area contributed by atoms with Crippen LogP contribution in [-0.4, -0.2) is 84.4 Å². The average Bonchev–Trinajstić information content (AvgIpc) is 3.33. The van der Waals surface area contributed by atoms with E-state index in [0.29, 0.717) is 12.8 Å². The number of esters is 2. The lowest BCUT2D eigenvalue weighted by atomic mass is 9.67. The second-order valence-corrected chi connectivity index (χ2v) is 9.67. The molecule has 33 heavy (non-hydrogen) atoms. The van der Waals surface area contributed by atoms with Crippen LogP contribution in [-0.2, 0) is 38.7 Å². The van der Waals surface area contributed by atoms with Crippen molar-refractivity contribution < 1.29 is 64.2 Å². The third-order valence-electron chi connectivity index (χ3n) is 6.56. The average molecular weight is 507 g/mol. The van der Waals surface area contributed by atoms with Gasteiger partial charge in [-0.15, -0.1) is 0 Å². The maximum Gasteiger partial charge on any atom is 0.396 e. The van der Waals surface area contributed by atoms with Gasteiger partial charge in [-0.1, -0.05) is 13.8 Å². The van der Waals surface area contributed by atoms with E-state index in [9.17, 15) is 45.2 Å². The normalized spacial score (nSPS) is 31.7. The van der Waals surface area contributed by atoms with Gasteiger partial charge < -0.3 is 28.6 Å². The maximum atomic E-state index is 13.4. The van der Waals surface area contributed by atoms with E-state index < -0.39 is 94.7 Å². The van der Waals surface area contributed by atoms with E-state index in [-0.39, 0.29) is 0 Å². The molecule has 3 aliphatic heterocycles. The van der Waals surface area contributed by atoms with E-state index >= 15 is 0 Å².